The molecule has 1 amide bonds. The first-order chi connectivity index (χ1) is 15.1. The third-order valence-electron chi connectivity index (χ3n) is 6.63. The number of halogens is 1. The minimum absolute atomic E-state index is 0. The van der Waals surface area contributed by atoms with E-state index >= 15 is 0 Å². The van der Waals surface area contributed by atoms with Crippen molar-refractivity contribution in [2.45, 2.75) is 72.0 Å². The molecule has 1 aliphatic carbocycles. The summed E-state index contributed by atoms with van der Waals surface area (Å²) in [6.45, 7) is 12.8. The fraction of sp³-hybridized carbons (Fsp3) is 0.680. The molecule has 2 aliphatic rings. The van der Waals surface area contributed by atoms with Crippen LogP contribution in [0.2, 0.25) is 0 Å². The van der Waals surface area contributed by atoms with Crippen molar-refractivity contribution in [2.24, 2.45) is 10.9 Å². The molecule has 3 rings (SSSR count). The lowest BCUT2D eigenvalue weighted by Crippen LogP contribution is -2.45. The molecule has 1 aromatic rings. The topological polar surface area (TPSA) is 60.0 Å². The maximum absolute atomic E-state index is 12.7. The Bertz CT molecular complexity index is 714. The maximum atomic E-state index is 12.7. The van der Waals surface area contributed by atoms with Crippen molar-refractivity contribution in [2.75, 3.05) is 32.7 Å². The lowest BCUT2D eigenvalue weighted by molar-refractivity contribution is -0.134. The van der Waals surface area contributed by atoms with Gasteiger partial charge >= 0.3 is 0 Å². The van der Waals surface area contributed by atoms with Gasteiger partial charge in [-0.05, 0) is 50.4 Å². The summed E-state index contributed by atoms with van der Waals surface area (Å²) < 4.78 is 0. The van der Waals surface area contributed by atoms with Crippen LogP contribution in [0.3, 0.4) is 0 Å². The van der Waals surface area contributed by atoms with Crippen LogP contribution in [0.1, 0.15) is 64.0 Å². The summed E-state index contributed by atoms with van der Waals surface area (Å²) in [6, 6.07) is 9.08. The molecule has 0 radical (unpaired) electrons. The van der Waals surface area contributed by atoms with Crippen molar-refractivity contribution in [1.29, 1.82) is 0 Å². The number of hydrogen-bond donors (Lipinski definition) is 2. The number of aliphatic imine (C=N–C) groups is 1. The van der Waals surface area contributed by atoms with Crippen LogP contribution in [-0.2, 0) is 17.9 Å². The van der Waals surface area contributed by atoms with Crippen molar-refractivity contribution >= 4 is 35.8 Å². The zero-order valence-corrected chi connectivity index (χ0v) is 22.4. The molecule has 0 bridgehead atoms. The molecule has 1 saturated carbocycles. The summed E-state index contributed by atoms with van der Waals surface area (Å²) in [5.41, 5.74) is 2.56. The Labute approximate surface area is 211 Å². The monoisotopic (exact) mass is 555 g/mol. The van der Waals surface area contributed by atoms with Crippen LogP contribution in [0.4, 0.5) is 0 Å². The zero-order valence-electron chi connectivity index (χ0n) is 20.1. The van der Waals surface area contributed by atoms with Crippen molar-refractivity contribution in [3.63, 3.8) is 0 Å². The van der Waals surface area contributed by atoms with Gasteiger partial charge in [-0.2, -0.15) is 0 Å². The standard InChI is InChI=1S/C25H41N5O.HI/c1-4-26-25(27-17-20-11-13-21(14-12-20)18-29(5-2)6-3)28-23-15-16-30(19-23)24(31)22-9-7-8-10-22;/h11-14,22-23H,4-10,15-19H2,1-3H3,(H2,26,27,28);1H. The molecule has 1 unspecified atom stereocenters. The molecule has 32 heavy (non-hydrogen) atoms. The smallest absolute Gasteiger partial charge is 0.225 e. The fourth-order valence-corrected chi connectivity index (χ4v) is 4.65. The normalized spacial score (nSPS) is 19.3. The number of carbonyl (C=O) groups is 1. The quantitative estimate of drug-likeness (QED) is 0.275. The van der Waals surface area contributed by atoms with Gasteiger partial charge in [0, 0.05) is 38.1 Å². The van der Waals surface area contributed by atoms with E-state index in [2.05, 4.69) is 65.5 Å². The second-order valence-electron chi connectivity index (χ2n) is 8.87. The molecule has 1 atom stereocenters. The van der Waals surface area contributed by atoms with E-state index in [4.69, 9.17) is 4.99 Å². The molecule has 0 spiro atoms. The summed E-state index contributed by atoms with van der Waals surface area (Å²) in [7, 11) is 0. The van der Waals surface area contributed by atoms with Crippen LogP contribution in [0.25, 0.3) is 0 Å². The van der Waals surface area contributed by atoms with Crippen molar-refractivity contribution in [1.82, 2.24) is 20.4 Å². The number of guanidine groups is 1. The van der Waals surface area contributed by atoms with Gasteiger partial charge in [-0.1, -0.05) is 51.0 Å². The Kier molecular flexibility index (Phi) is 11.8. The van der Waals surface area contributed by atoms with E-state index < -0.39 is 0 Å². The minimum Gasteiger partial charge on any atom is -0.357 e. The SMILES string of the molecule is CCNC(=NCc1ccc(CN(CC)CC)cc1)NC1CCN(C(=O)C2CCCC2)C1.I. The highest BCUT2D eigenvalue weighted by atomic mass is 127. The number of carbonyl (C=O) groups excluding carboxylic acids is 1. The molecule has 2 N–H and O–H groups in total. The number of rotatable bonds is 9. The number of nitrogens with one attached hydrogen (secondary N) is 2. The van der Waals surface area contributed by atoms with Crippen LogP contribution < -0.4 is 10.6 Å². The van der Waals surface area contributed by atoms with Crippen LogP contribution >= 0.6 is 24.0 Å². The highest BCUT2D eigenvalue weighted by molar-refractivity contribution is 14.0. The molecule has 1 aromatic carbocycles. The fourth-order valence-electron chi connectivity index (χ4n) is 4.65. The average molecular weight is 556 g/mol. The molecular weight excluding hydrogens is 513 g/mol. The van der Waals surface area contributed by atoms with Gasteiger partial charge < -0.3 is 15.5 Å². The largest absolute Gasteiger partial charge is 0.357 e. The van der Waals surface area contributed by atoms with Crippen molar-refractivity contribution in [3.05, 3.63) is 35.4 Å². The number of nitrogens with zero attached hydrogens (tertiary/aromatic N) is 3. The molecule has 2 fully saturated rings. The summed E-state index contributed by atoms with van der Waals surface area (Å²) in [6.07, 6.45) is 5.55. The van der Waals surface area contributed by atoms with E-state index in [1.54, 1.807) is 0 Å². The van der Waals surface area contributed by atoms with Gasteiger partial charge in [0.05, 0.1) is 6.54 Å². The summed E-state index contributed by atoms with van der Waals surface area (Å²) >= 11 is 0. The molecule has 1 aliphatic heterocycles. The van der Waals surface area contributed by atoms with E-state index in [1.807, 2.05) is 0 Å². The van der Waals surface area contributed by atoms with Gasteiger partial charge in [0.2, 0.25) is 5.91 Å². The van der Waals surface area contributed by atoms with E-state index in [-0.39, 0.29) is 35.9 Å². The molecule has 1 heterocycles. The first-order valence-electron chi connectivity index (χ1n) is 12.3. The Hall–Kier alpha value is -1.35. The third-order valence-corrected chi connectivity index (χ3v) is 6.63. The second-order valence-corrected chi connectivity index (χ2v) is 8.87. The number of likely N-dealkylation sites (tertiary alicyclic amines) is 1. The summed E-state index contributed by atoms with van der Waals surface area (Å²) in [4.78, 5) is 22.0. The highest BCUT2D eigenvalue weighted by Gasteiger charge is 2.32. The molecule has 180 valence electrons. The van der Waals surface area contributed by atoms with Crippen LogP contribution in [0, 0.1) is 5.92 Å². The van der Waals surface area contributed by atoms with Crippen molar-refractivity contribution < 1.29 is 4.79 Å². The van der Waals surface area contributed by atoms with Gasteiger partial charge in [-0.25, -0.2) is 4.99 Å². The van der Waals surface area contributed by atoms with E-state index in [0.717, 1.165) is 64.5 Å². The zero-order chi connectivity index (χ0) is 22.1. The van der Waals surface area contributed by atoms with Gasteiger partial charge in [0.1, 0.15) is 0 Å². The first-order valence-corrected chi connectivity index (χ1v) is 12.3. The molecule has 7 heteroatoms. The van der Waals surface area contributed by atoms with Gasteiger partial charge in [-0.15, -0.1) is 24.0 Å². The van der Waals surface area contributed by atoms with Crippen LogP contribution in [0.15, 0.2) is 29.3 Å². The first kappa shape index (κ1) is 26.9. The average Bonchev–Trinajstić information content (AvgIpc) is 3.49. The highest BCUT2D eigenvalue weighted by Crippen LogP contribution is 2.27. The minimum atomic E-state index is 0. The predicted octanol–water partition coefficient (Wildman–Crippen LogP) is 3.99. The summed E-state index contributed by atoms with van der Waals surface area (Å²) in [5.74, 6) is 1.48. The lowest BCUT2D eigenvalue weighted by atomic mass is 10.1. The van der Waals surface area contributed by atoms with Crippen LogP contribution in [0.5, 0.6) is 0 Å². The van der Waals surface area contributed by atoms with E-state index in [9.17, 15) is 4.79 Å². The number of benzene rings is 1. The lowest BCUT2D eigenvalue weighted by Gasteiger charge is -2.21. The van der Waals surface area contributed by atoms with Gasteiger partial charge in [0.25, 0.3) is 0 Å². The Morgan fingerprint density at radius 1 is 1.06 bits per heavy atom. The Balaban J connectivity index is 0.00000363. The Morgan fingerprint density at radius 3 is 2.34 bits per heavy atom. The summed E-state index contributed by atoms with van der Waals surface area (Å²) in [5, 5.41) is 6.91. The number of amides is 1. The van der Waals surface area contributed by atoms with Crippen molar-refractivity contribution in [3.8, 4) is 0 Å². The van der Waals surface area contributed by atoms with Gasteiger partial charge in [0.15, 0.2) is 5.96 Å². The Morgan fingerprint density at radius 2 is 1.72 bits per heavy atom. The van der Waals surface area contributed by atoms with Crippen LogP contribution in [-0.4, -0.2) is 60.4 Å². The molecule has 1 saturated heterocycles. The third kappa shape index (κ3) is 7.90. The van der Waals surface area contributed by atoms with E-state index in [1.165, 1.54) is 24.0 Å². The van der Waals surface area contributed by atoms with Gasteiger partial charge in [-0.3, -0.25) is 9.69 Å². The molecule has 0 aromatic heterocycles. The predicted molar refractivity (Wildman–Crippen MR) is 143 cm³/mol. The molecule has 6 nitrogen and oxygen atoms in total. The van der Waals surface area contributed by atoms with E-state index in [0.29, 0.717) is 12.5 Å². The maximum Gasteiger partial charge on any atom is 0.225 e. The second kappa shape index (κ2) is 14.0. The number of hydrogen-bond acceptors (Lipinski definition) is 3. The molecular formula is C25H42IN5O.